The SMILES string of the molecule is CCC(N)C(SCC(=O)NC)c1cccc(F)c1. The predicted octanol–water partition coefficient (Wildman–Crippen LogP) is 2.08. The van der Waals surface area contributed by atoms with Crippen LogP contribution in [-0.4, -0.2) is 24.7 Å². The van der Waals surface area contributed by atoms with Crippen LogP contribution in [0.1, 0.15) is 24.2 Å². The molecular formula is C13H19FN2OS. The smallest absolute Gasteiger partial charge is 0.229 e. The lowest BCUT2D eigenvalue weighted by molar-refractivity contribution is -0.118. The summed E-state index contributed by atoms with van der Waals surface area (Å²) in [6.07, 6.45) is 0.780. The van der Waals surface area contributed by atoms with E-state index in [4.69, 9.17) is 5.73 Å². The van der Waals surface area contributed by atoms with E-state index < -0.39 is 0 Å². The maximum Gasteiger partial charge on any atom is 0.229 e. The Labute approximate surface area is 111 Å². The molecule has 2 unspecified atom stereocenters. The molecule has 0 spiro atoms. The Balaban J connectivity index is 2.81. The fourth-order valence-corrected chi connectivity index (χ4v) is 2.86. The average molecular weight is 270 g/mol. The van der Waals surface area contributed by atoms with Gasteiger partial charge in [0, 0.05) is 18.3 Å². The monoisotopic (exact) mass is 270 g/mol. The van der Waals surface area contributed by atoms with Gasteiger partial charge in [-0.15, -0.1) is 11.8 Å². The van der Waals surface area contributed by atoms with Crippen LogP contribution in [0.4, 0.5) is 4.39 Å². The maximum absolute atomic E-state index is 13.2. The number of carbonyl (C=O) groups is 1. The minimum Gasteiger partial charge on any atom is -0.358 e. The van der Waals surface area contributed by atoms with Crippen LogP contribution in [-0.2, 0) is 4.79 Å². The second-order valence-electron chi connectivity index (χ2n) is 4.03. The zero-order valence-corrected chi connectivity index (χ0v) is 11.5. The standard InChI is InChI=1S/C13H19FN2OS/c1-3-11(15)13(18-8-12(17)16-2)9-5-4-6-10(14)7-9/h4-7,11,13H,3,8,15H2,1-2H3,(H,16,17). The quantitative estimate of drug-likeness (QED) is 0.832. The highest BCUT2D eigenvalue weighted by Crippen LogP contribution is 2.32. The van der Waals surface area contributed by atoms with Crippen molar-refractivity contribution in [3.63, 3.8) is 0 Å². The number of carbonyl (C=O) groups excluding carboxylic acids is 1. The summed E-state index contributed by atoms with van der Waals surface area (Å²) in [7, 11) is 1.60. The summed E-state index contributed by atoms with van der Waals surface area (Å²) in [4.78, 5) is 11.3. The lowest BCUT2D eigenvalue weighted by Gasteiger charge is -2.22. The second-order valence-corrected chi connectivity index (χ2v) is 5.16. The molecule has 0 heterocycles. The van der Waals surface area contributed by atoms with Gasteiger partial charge in [-0.2, -0.15) is 0 Å². The van der Waals surface area contributed by atoms with Crippen LogP contribution in [0.15, 0.2) is 24.3 Å². The zero-order chi connectivity index (χ0) is 13.5. The highest BCUT2D eigenvalue weighted by Gasteiger charge is 2.20. The highest BCUT2D eigenvalue weighted by atomic mass is 32.2. The van der Waals surface area contributed by atoms with Gasteiger partial charge in [0.05, 0.1) is 5.75 Å². The third-order valence-corrected chi connectivity index (χ3v) is 4.12. The van der Waals surface area contributed by atoms with Crippen LogP contribution >= 0.6 is 11.8 Å². The molecule has 1 aromatic carbocycles. The topological polar surface area (TPSA) is 55.1 Å². The molecule has 0 bridgehead atoms. The van der Waals surface area contributed by atoms with Gasteiger partial charge in [0.25, 0.3) is 0 Å². The zero-order valence-electron chi connectivity index (χ0n) is 10.7. The molecule has 0 saturated heterocycles. The molecule has 1 rings (SSSR count). The van der Waals surface area contributed by atoms with Gasteiger partial charge in [-0.25, -0.2) is 4.39 Å². The molecule has 1 aromatic rings. The Morgan fingerprint density at radius 1 is 1.56 bits per heavy atom. The lowest BCUT2D eigenvalue weighted by Crippen LogP contribution is -2.28. The van der Waals surface area contributed by atoms with Crippen molar-refractivity contribution >= 4 is 17.7 Å². The van der Waals surface area contributed by atoms with E-state index >= 15 is 0 Å². The van der Waals surface area contributed by atoms with Crippen LogP contribution in [0.3, 0.4) is 0 Å². The number of nitrogens with one attached hydrogen (secondary N) is 1. The Bertz CT molecular complexity index is 400. The van der Waals surface area contributed by atoms with Crippen molar-refractivity contribution in [3.05, 3.63) is 35.6 Å². The molecule has 18 heavy (non-hydrogen) atoms. The van der Waals surface area contributed by atoms with Crippen molar-refractivity contribution < 1.29 is 9.18 Å². The Kier molecular flexibility index (Phi) is 6.15. The lowest BCUT2D eigenvalue weighted by atomic mass is 10.0. The van der Waals surface area contributed by atoms with Gasteiger partial charge < -0.3 is 11.1 Å². The van der Waals surface area contributed by atoms with Crippen molar-refractivity contribution in [1.82, 2.24) is 5.32 Å². The van der Waals surface area contributed by atoms with E-state index in [-0.39, 0.29) is 23.0 Å². The third-order valence-electron chi connectivity index (χ3n) is 2.71. The number of benzene rings is 1. The molecule has 0 aliphatic heterocycles. The van der Waals surface area contributed by atoms with E-state index in [1.807, 2.05) is 13.0 Å². The molecule has 100 valence electrons. The first-order chi connectivity index (χ1) is 8.58. The number of nitrogens with two attached hydrogens (primary N) is 1. The van der Waals surface area contributed by atoms with Crippen LogP contribution < -0.4 is 11.1 Å². The first-order valence-electron chi connectivity index (χ1n) is 5.91. The molecule has 0 radical (unpaired) electrons. The highest BCUT2D eigenvalue weighted by molar-refractivity contribution is 8.00. The molecular weight excluding hydrogens is 251 g/mol. The average Bonchev–Trinajstić information content (AvgIpc) is 2.38. The summed E-state index contributed by atoms with van der Waals surface area (Å²) < 4.78 is 13.2. The van der Waals surface area contributed by atoms with Gasteiger partial charge in [0.1, 0.15) is 5.82 Å². The van der Waals surface area contributed by atoms with E-state index in [0.29, 0.717) is 5.75 Å². The Hall–Kier alpha value is -1.07. The van der Waals surface area contributed by atoms with Gasteiger partial charge in [-0.05, 0) is 24.1 Å². The molecule has 3 N–H and O–H groups in total. The second kappa shape index (κ2) is 7.38. The first kappa shape index (κ1) is 15.0. The fourth-order valence-electron chi connectivity index (χ4n) is 1.60. The van der Waals surface area contributed by atoms with E-state index in [2.05, 4.69) is 5.32 Å². The van der Waals surface area contributed by atoms with Crippen LogP contribution in [0.25, 0.3) is 0 Å². The summed E-state index contributed by atoms with van der Waals surface area (Å²) in [6.45, 7) is 1.98. The molecule has 0 aromatic heterocycles. The molecule has 0 fully saturated rings. The number of amides is 1. The van der Waals surface area contributed by atoms with Crippen molar-refractivity contribution in [2.75, 3.05) is 12.8 Å². The molecule has 0 aliphatic rings. The number of thioether (sulfide) groups is 1. The molecule has 3 nitrogen and oxygen atoms in total. The minimum atomic E-state index is -0.277. The van der Waals surface area contributed by atoms with Crippen LogP contribution in [0.2, 0.25) is 0 Å². The first-order valence-corrected chi connectivity index (χ1v) is 6.96. The fraction of sp³-hybridized carbons (Fsp3) is 0.462. The summed E-state index contributed by atoms with van der Waals surface area (Å²) >= 11 is 1.44. The van der Waals surface area contributed by atoms with E-state index in [1.165, 1.54) is 23.9 Å². The number of hydrogen-bond donors (Lipinski definition) is 2. The van der Waals surface area contributed by atoms with Gasteiger partial charge in [0.15, 0.2) is 0 Å². The third kappa shape index (κ3) is 4.31. The van der Waals surface area contributed by atoms with Crippen molar-refractivity contribution in [1.29, 1.82) is 0 Å². The maximum atomic E-state index is 13.2. The predicted molar refractivity (Wildman–Crippen MR) is 73.9 cm³/mol. The molecule has 5 heteroatoms. The summed E-state index contributed by atoms with van der Waals surface area (Å²) in [5.74, 6) is -0.00295. The number of hydrogen-bond acceptors (Lipinski definition) is 3. The van der Waals surface area contributed by atoms with Gasteiger partial charge in [-0.3, -0.25) is 4.79 Å². The van der Waals surface area contributed by atoms with E-state index in [0.717, 1.165) is 12.0 Å². The van der Waals surface area contributed by atoms with Gasteiger partial charge in [-0.1, -0.05) is 19.1 Å². The molecule has 2 atom stereocenters. The molecule has 0 aliphatic carbocycles. The van der Waals surface area contributed by atoms with Crippen molar-refractivity contribution in [3.8, 4) is 0 Å². The normalized spacial score (nSPS) is 14.0. The Morgan fingerprint density at radius 3 is 2.83 bits per heavy atom. The molecule has 1 amide bonds. The van der Waals surface area contributed by atoms with E-state index in [9.17, 15) is 9.18 Å². The van der Waals surface area contributed by atoms with Gasteiger partial charge >= 0.3 is 0 Å². The minimum absolute atomic E-state index is 0.0512. The molecule has 0 saturated carbocycles. The number of rotatable bonds is 6. The summed E-state index contributed by atoms with van der Waals surface area (Å²) in [5.41, 5.74) is 6.88. The largest absolute Gasteiger partial charge is 0.358 e. The van der Waals surface area contributed by atoms with Crippen LogP contribution in [0, 0.1) is 5.82 Å². The van der Waals surface area contributed by atoms with Crippen molar-refractivity contribution in [2.24, 2.45) is 5.73 Å². The Morgan fingerprint density at radius 2 is 2.28 bits per heavy atom. The van der Waals surface area contributed by atoms with Crippen LogP contribution in [0.5, 0.6) is 0 Å². The van der Waals surface area contributed by atoms with E-state index in [1.54, 1.807) is 13.1 Å². The van der Waals surface area contributed by atoms with Gasteiger partial charge in [0.2, 0.25) is 5.91 Å². The summed E-state index contributed by atoms with van der Waals surface area (Å²) in [5, 5.41) is 2.50. The van der Waals surface area contributed by atoms with Crippen molar-refractivity contribution in [2.45, 2.75) is 24.6 Å². The summed E-state index contributed by atoms with van der Waals surface area (Å²) in [6, 6.07) is 6.31. The number of halogens is 1.